The SMILES string of the molecule is c1ccc(-c2cccc3c(-c4ccc5ccc(-c6ccccc6N(c6ccc(-c7ccc(-c8cccc9ccccc89)cc7)cc6)c6ccccc6-c6cccc7c6oc6ccccc67)cc5c4)cccc23)c(-c2ccccc2N(c2ccc(-c3ccc(-c4cccc5ccccc45)cc3)cc2)c2ccccc2-c2cccc3c2oc2ccccc23)c1. The van der Waals surface area contributed by atoms with Crippen molar-refractivity contribution in [1.82, 2.24) is 0 Å². The van der Waals surface area contributed by atoms with Crippen LogP contribution in [0.2, 0.25) is 0 Å². The summed E-state index contributed by atoms with van der Waals surface area (Å²) < 4.78 is 13.7. The van der Waals surface area contributed by atoms with Crippen LogP contribution in [-0.2, 0) is 0 Å². The van der Waals surface area contributed by atoms with Crippen LogP contribution in [0.15, 0.2) is 470 Å². The van der Waals surface area contributed by atoms with Crippen molar-refractivity contribution >= 4 is 121 Å². The van der Waals surface area contributed by atoms with E-state index in [0.29, 0.717) is 0 Å². The van der Waals surface area contributed by atoms with Crippen LogP contribution < -0.4 is 9.80 Å². The first-order valence-corrected chi connectivity index (χ1v) is 41.8. The lowest BCUT2D eigenvalue weighted by Gasteiger charge is -2.30. The maximum absolute atomic E-state index is 6.85. The number of hydrogen-bond acceptors (Lipinski definition) is 4. The summed E-state index contributed by atoms with van der Waals surface area (Å²) in [6, 6.07) is 168. The third kappa shape index (κ3) is 12.5. The largest absolute Gasteiger partial charge is 0.455 e. The molecule has 0 bridgehead atoms. The molecule has 0 radical (unpaired) electrons. The standard InChI is InChI=1S/C118H76N2O2/c1-3-29-91-82(25-1)27-19-39-93(91)84-61-55-77(56-62-84)79-67-71-89(72-68-79)119(113-51-15-9-35-103(113)107-45-23-47-109-105-37-11-17-53-115(105)121-117(107)109)111-49-13-7-31-96(111)87-66-60-81-59-65-86(75-88(81)76-87)95-41-21-43-99-97(95)42-22-44-100(99)98-32-5-6-33-101(98)102-34-8-14-50-112(102)120(114-52-16-10-36-104(114)108-46-24-48-110-106-38-12-18-54-116(106)122-118(108)110)90-73-69-80(70-74-90)78-57-63-85(64-58-78)94-40-20-28-83-26-2-4-30-92(83)94/h1-76H. The second-order valence-electron chi connectivity index (χ2n) is 31.6. The van der Waals surface area contributed by atoms with E-state index < -0.39 is 0 Å². The minimum atomic E-state index is 0.859. The Morgan fingerprint density at radius 3 is 0.869 bits per heavy atom. The number of benzene rings is 21. The summed E-state index contributed by atoms with van der Waals surface area (Å²) in [5.41, 5.74) is 32.2. The number of hydrogen-bond donors (Lipinski definition) is 0. The lowest BCUT2D eigenvalue weighted by molar-refractivity contribution is 0.669. The van der Waals surface area contributed by atoms with Crippen molar-refractivity contribution in [1.29, 1.82) is 0 Å². The second kappa shape index (κ2) is 30.1. The molecular weight excluding hydrogens is 1480 g/mol. The van der Waals surface area contributed by atoms with Gasteiger partial charge < -0.3 is 18.6 Å². The van der Waals surface area contributed by atoms with Gasteiger partial charge in [-0.3, -0.25) is 0 Å². The van der Waals surface area contributed by atoms with E-state index in [-0.39, 0.29) is 0 Å². The molecule has 23 aromatic rings. The van der Waals surface area contributed by atoms with Crippen LogP contribution in [0, 0.1) is 0 Å². The fraction of sp³-hybridized carbons (Fsp3) is 0. The third-order valence-electron chi connectivity index (χ3n) is 24.7. The number of furan rings is 2. The van der Waals surface area contributed by atoms with E-state index in [9.17, 15) is 0 Å². The van der Waals surface area contributed by atoms with Gasteiger partial charge in [-0.1, -0.05) is 388 Å². The Morgan fingerprint density at radius 1 is 0.139 bits per heavy atom. The lowest BCUT2D eigenvalue weighted by Crippen LogP contribution is -2.12. The van der Waals surface area contributed by atoms with Crippen molar-refractivity contribution < 1.29 is 8.83 Å². The molecule has 0 fully saturated rings. The first-order valence-electron chi connectivity index (χ1n) is 41.8. The first-order chi connectivity index (χ1) is 60.5. The Hall–Kier alpha value is -16.1. The van der Waals surface area contributed by atoms with E-state index in [2.05, 4.69) is 459 Å². The zero-order valence-electron chi connectivity index (χ0n) is 66.6. The maximum Gasteiger partial charge on any atom is 0.143 e. The summed E-state index contributed by atoms with van der Waals surface area (Å²) in [6.07, 6.45) is 0. The van der Waals surface area contributed by atoms with Crippen LogP contribution in [0.5, 0.6) is 0 Å². The van der Waals surface area contributed by atoms with Crippen molar-refractivity contribution in [3.05, 3.63) is 461 Å². The Balaban J connectivity index is 0.615. The highest BCUT2D eigenvalue weighted by molar-refractivity contribution is 6.14. The number of para-hydroxylation sites is 8. The summed E-state index contributed by atoms with van der Waals surface area (Å²) in [7, 11) is 0. The van der Waals surface area contributed by atoms with Gasteiger partial charge in [-0.2, -0.15) is 0 Å². The van der Waals surface area contributed by atoms with Gasteiger partial charge in [-0.25, -0.2) is 0 Å². The van der Waals surface area contributed by atoms with Crippen LogP contribution in [0.4, 0.5) is 34.1 Å². The highest BCUT2D eigenvalue weighted by atomic mass is 16.3. The van der Waals surface area contributed by atoms with Gasteiger partial charge >= 0.3 is 0 Å². The van der Waals surface area contributed by atoms with Crippen LogP contribution >= 0.6 is 0 Å². The number of anilines is 6. The van der Waals surface area contributed by atoms with Gasteiger partial charge in [-0.15, -0.1) is 0 Å². The minimum Gasteiger partial charge on any atom is -0.455 e. The molecule has 0 saturated carbocycles. The van der Waals surface area contributed by atoms with Crippen molar-refractivity contribution in [2.45, 2.75) is 0 Å². The molecule has 23 rings (SSSR count). The molecule has 0 spiro atoms. The first kappa shape index (κ1) is 71.2. The fourth-order valence-electron chi connectivity index (χ4n) is 18.9. The molecule has 2 aromatic heterocycles. The van der Waals surface area contributed by atoms with E-state index in [4.69, 9.17) is 8.83 Å². The Kier molecular flexibility index (Phi) is 17.6. The molecular formula is C118H76N2O2. The molecule has 0 unspecified atom stereocenters. The highest BCUT2D eigenvalue weighted by Gasteiger charge is 2.27. The van der Waals surface area contributed by atoms with Crippen molar-refractivity contribution in [3.63, 3.8) is 0 Å². The topological polar surface area (TPSA) is 32.8 Å². The lowest BCUT2D eigenvalue weighted by atomic mass is 9.88. The van der Waals surface area contributed by atoms with Gasteiger partial charge in [0.2, 0.25) is 0 Å². The molecule has 0 aliphatic heterocycles. The average Bonchev–Trinajstić information content (AvgIpc) is 1.37. The smallest absolute Gasteiger partial charge is 0.143 e. The third-order valence-corrected chi connectivity index (χ3v) is 24.7. The highest BCUT2D eigenvalue weighted by Crippen LogP contribution is 2.52. The zero-order chi connectivity index (χ0) is 80.6. The quantitative estimate of drug-likeness (QED) is 0.0965. The molecule has 0 aliphatic rings. The molecule has 570 valence electrons. The van der Waals surface area contributed by atoms with E-state index >= 15 is 0 Å². The Labute approximate surface area is 707 Å². The molecule has 0 N–H and O–H groups in total. The molecule has 0 aliphatic carbocycles. The second-order valence-corrected chi connectivity index (χ2v) is 31.6. The summed E-state index contributed by atoms with van der Waals surface area (Å²) in [5, 5.41) is 14.0. The van der Waals surface area contributed by atoms with Crippen LogP contribution in [-0.4, -0.2) is 0 Å². The van der Waals surface area contributed by atoms with Gasteiger partial charge in [0.1, 0.15) is 22.3 Å². The molecule has 0 amide bonds. The Bertz CT molecular complexity index is 8000. The molecule has 4 nitrogen and oxygen atoms in total. The molecule has 0 atom stereocenters. The summed E-state index contributed by atoms with van der Waals surface area (Å²) in [6.45, 7) is 0. The van der Waals surface area contributed by atoms with Crippen molar-refractivity contribution in [2.75, 3.05) is 9.80 Å². The van der Waals surface area contributed by atoms with Gasteiger partial charge in [0, 0.05) is 66.3 Å². The minimum absolute atomic E-state index is 0.859. The number of nitrogens with zero attached hydrogens (tertiary/aromatic N) is 2. The maximum atomic E-state index is 6.85. The van der Waals surface area contributed by atoms with Gasteiger partial charge in [-0.05, 0) is 194 Å². The predicted molar refractivity (Wildman–Crippen MR) is 515 cm³/mol. The van der Waals surface area contributed by atoms with E-state index in [0.717, 1.165) is 178 Å². The van der Waals surface area contributed by atoms with Crippen LogP contribution in [0.3, 0.4) is 0 Å². The summed E-state index contributed by atoms with van der Waals surface area (Å²) >= 11 is 0. The summed E-state index contributed by atoms with van der Waals surface area (Å²) in [4.78, 5) is 4.90. The molecule has 0 saturated heterocycles. The molecule has 122 heavy (non-hydrogen) atoms. The van der Waals surface area contributed by atoms with Crippen LogP contribution in [0.25, 0.3) is 198 Å². The molecule has 4 heteroatoms. The van der Waals surface area contributed by atoms with Crippen molar-refractivity contribution in [3.8, 4) is 111 Å². The zero-order valence-corrected chi connectivity index (χ0v) is 66.6. The predicted octanol–water partition coefficient (Wildman–Crippen LogP) is 33.7. The molecule has 21 aromatic carbocycles. The number of fused-ring (bicyclic) bond motifs is 10. The number of rotatable bonds is 16. The van der Waals surface area contributed by atoms with Crippen molar-refractivity contribution in [2.24, 2.45) is 0 Å². The summed E-state index contributed by atoms with van der Waals surface area (Å²) in [5.74, 6) is 0. The van der Waals surface area contributed by atoms with E-state index in [1.54, 1.807) is 0 Å². The van der Waals surface area contributed by atoms with Gasteiger partial charge in [0.15, 0.2) is 0 Å². The monoisotopic (exact) mass is 1550 g/mol. The average molecular weight is 1550 g/mol. The van der Waals surface area contributed by atoms with E-state index in [1.807, 2.05) is 12.1 Å². The van der Waals surface area contributed by atoms with Gasteiger partial charge in [0.25, 0.3) is 0 Å². The van der Waals surface area contributed by atoms with Crippen LogP contribution in [0.1, 0.15) is 0 Å². The fourth-order valence-corrected chi connectivity index (χ4v) is 18.9. The molecule has 2 heterocycles. The van der Waals surface area contributed by atoms with E-state index in [1.165, 1.54) is 54.6 Å². The normalized spacial score (nSPS) is 11.6. The van der Waals surface area contributed by atoms with Gasteiger partial charge in [0.05, 0.1) is 22.7 Å². The Morgan fingerprint density at radius 2 is 0.410 bits per heavy atom.